The summed E-state index contributed by atoms with van der Waals surface area (Å²) >= 11 is 0. The lowest BCUT2D eigenvalue weighted by atomic mass is 10.0. The summed E-state index contributed by atoms with van der Waals surface area (Å²) in [6.07, 6.45) is 2.10. The highest BCUT2D eigenvalue weighted by Gasteiger charge is 2.28. The van der Waals surface area contributed by atoms with Crippen molar-refractivity contribution in [2.75, 3.05) is 39.8 Å². The van der Waals surface area contributed by atoms with Crippen molar-refractivity contribution in [1.29, 1.82) is 0 Å². The van der Waals surface area contributed by atoms with E-state index in [1.165, 1.54) is 18.7 Å². The van der Waals surface area contributed by atoms with E-state index in [0.29, 0.717) is 0 Å². The van der Waals surface area contributed by atoms with Crippen molar-refractivity contribution < 1.29 is 0 Å². The maximum Gasteiger partial charge on any atom is 0.0638 e. The minimum atomic E-state index is 0.206. The van der Waals surface area contributed by atoms with Gasteiger partial charge in [0.05, 0.1) is 5.69 Å². The van der Waals surface area contributed by atoms with Gasteiger partial charge in [0, 0.05) is 63.6 Å². The van der Waals surface area contributed by atoms with E-state index in [-0.39, 0.29) is 5.54 Å². The second-order valence-corrected chi connectivity index (χ2v) is 6.62. The van der Waals surface area contributed by atoms with Gasteiger partial charge in [-0.3, -0.25) is 9.58 Å². The van der Waals surface area contributed by atoms with Gasteiger partial charge in [-0.1, -0.05) is 0 Å². The summed E-state index contributed by atoms with van der Waals surface area (Å²) in [5, 5.41) is 7.98. The summed E-state index contributed by atoms with van der Waals surface area (Å²) < 4.78 is 1.89. The topological polar surface area (TPSA) is 36.3 Å². The van der Waals surface area contributed by atoms with Crippen LogP contribution in [0.1, 0.15) is 25.1 Å². The number of nitrogens with one attached hydrogen (secondary N) is 1. The van der Waals surface area contributed by atoms with Gasteiger partial charge in [-0.2, -0.15) is 5.10 Å². The van der Waals surface area contributed by atoms with Crippen LogP contribution in [0, 0.1) is 6.92 Å². The molecule has 1 N–H and O–H groups in total. The highest BCUT2D eigenvalue weighted by atomic mass is 15.3. The number of aryl methyl sites for hydroxylation is 2. The molecule has 1 saturated heterocycles. The van der Waals surface area contributed by atoms with Crippen LogP contribution in [0.25, 0.3) is 0 Å². The molecule has 5 nitrogen and oxygen atoms in total. The predicted octanol–water partition coefficient (Wildman–Crippen LogP) is 0.844. The summed E-state index contributed by atoms with van der Waals surface area (Å²) in [5.41, 5.74) is 2.62. The van der Waals surface area contributed by atoms with Gasteiger partial charge in [-0.05, 0) is 27.8 Å². The Hall–Kier alpha value is -0.910. The minimum Gasteiger partial charge on any atom is -0.311 e. The molecule has 0 spiro atoms. The monoisotopic (exact) mass is 279 g/mol. The molecular weight excluding hydrogens is 250 g/mol. The number of aromatic nitrogens is 2. The molecule has 1 aliphatic rings. The number of hydrogen-bond acceptors (Lipinski definition) is 4. The average Bonchev–Trinajstić information content (AvgIpc) is 2.68. The van der Waals surface area contributed by atoms with Crippen molar-refractivity contribution in [3.8, 4) is 0 Å². The highest BCUT2D eigenvalue weighted by molar-refractivity contribution is 5.14. The van der Waals surface area contributed by atoms with E-state index < -0.39 is 0 Å². The van der Waals surface area contributed by atoms with Crippen LogP contribution in [0.5, 0.6) is 0 Å². The number of likely N-dealkylation sites (N-methyl/N-ethyl adjacent to an activating group) is 1. The summed E-state index contributed by atoms with van der Waals surface area (Å²) in [5.74, 6) is 0. The van der Waals surface area contributed by atoms with E-state index >= 15 is 0 Å². The van der Waals surface area contributed by atoms with Crippen molar-refractivity contribution >= 4 is 0 Å². The maximum atomic E-state index is 4.39. The van der Waals surface area contributed by atoms with E-state index in [9.17, 15) is 0 Å². The zero-order chi connectivity index (χ0) is 14.8. The van der Waals surface area contributed by atoms with E-state index in [4.69, 9.17) is 0 Å². The first-order chi connectivity index (χ1) is 9.38. The fourth-order valence-corrected chi connectivity index (χ4v) is 2.85. The molecule has 5 heteroatoms. The molecule has 0 unspecified atom stereocenters. The highest BCUT2D eigenvalue weighted by Crippen LogP contribution is 2.16. The minimum absolute atomic E-state index is 0.206. The van der Waals surface area contributed by atoms with Crippen LogP contribution >= 0.6 is 0 Å². The lowest BCUT2D eigenvalue weighted by molar-refractivity contribution is 0.0618. The Morgan fingerprint density at radius 1 is 1.20 bits per heavy atom. The third-order valence-corrected chi connectivity index (χ3v) is 4.35. The lowest BCUT2D eigenvalue weighted by Crippen LogP contribution is -2.57. The first kappa shape index (κ1) is 15.5. The van der Waals surface area contributed by atoms with Gasteiger partial charge in [0.15, 0.2) is 0 Å². The standard InChI is InChI=1S/C15H29N5/c1-13-14(11-19(5)17-13)10-16-12-15(2,3)20-8-6-18(4)7-9-20/h11,16H,6-10,12H2,1-5H3. The lowest BCUT2D eigenvalue weighted by Gasteiger charge is -2.43. The predicted molar refractivity (Wildman–Crippen MR) is 82.8 cm³/mol. The van der Waals surface area contributed by atoms with Crippen LogP contribution < -0.4 is 5.32 Å². The first-order valence-electron chi connectivity index (χ1n) is 7.52. The maximum absolute atomic E-state index is 4.39. The van der Waals surface area contributed by atoms with Gasteiger partial charge in [0.1, 0.15) is 0 Å². The van der Waals surface area contributed by atoms with Gasteiger partial charge in [0.2, 0.25) is 0 Å². The molecule has 0 aromatic carbocycles. The Kier molecular flexibility index (Phi) is 4.83. The number of nitrogens with zero attached hydrogens (tertiary/aromatic N) is 4. The molecule has 0 amide bonds. The van der Waals surface area contributed by atoms with Gasteiger partial charge < -0.3 is 10.2 Å². The Morgan fingerprint density at radius 3 is 2.40 bits per heavy atom. The average molecular weight is 279 g/mol. The smallest absolute Gasteiger partial charge is 0.0638 e. The third kappa shape index (κ3) is 3.81. The molecule has 0 aliphatic carbocycles. The molecular formula is C15H29N5. The van der Waals surface area contributed by atoms with Crippen LogP contribution in [0.4, 0.5) is 0 Å². The molecule has 1 aliphatic heterocycles. The van der Waals surface area contributed by atoms with Crippen LogP contribution in [0.2, 0.25) is 0 Å². The number of rotatable bonds is 5. The summed E-state index contributed by atoms with van der Waals surface area (Å²) in [6, 6.07) is 0. The molecule has 1 fully saturated rings. The van der Waals surface area contributed by atoms with E-state index in [1.54, 1.807) is 0 Å². The van der Waals surface area contributed by atoms with Gasteiger partial charge in [-0.25, -0.2) is 0 Å². The molecule has 0 radical (unpaired) electrons. The number of piperazine rings is 1. The van der Waals surface area contributed by atoms with Crippen LogP contribution in [-0.2, 0) is 13.6 Å². The SMILES string of the molecule is Cc1nn(C)cc1CNCC(C)(C)N1CCN(C)CC1. The van der Waals surface area contributed by atoms with Crippen molar-refractivity contribution in [2.45, 2.75) is 32.9 Å². The second kappa shape index (κ2) is 6.24. The molecule has 0 atom stereocenters. The Morgan fingerprint density at radius 2 is 1.85 bits per heavy atom. The normalized spacial score (nSPS) is 18.6. The molecule has 114 valence electrons. The molecule has 1 aromatic heterocycles. The zero-order valence-electron chi connectivity index (χ0n) is 13.6. The second-order valence-electron chi connectivity index (χ2n) is 6.62. The van der Waals surface area contributed by atoms with E-state index in [2.05, 4.69) is 54.2 Å². The fourth-order valence-electron chi connectivity index (χ4n) is 2.85. The molecule has 0 saturated carbocycles. The quantitative estimate of drug-likeness (QED) is 0.867. The zero-order valence-corrected chi connectivity index (χ0v) is 13.6. The van der Waals surface area contributed by atoms with Crippen molar-refractivity contribution in [3.05, 3.63) is 17.5 Å². The van der Waals surface area contributed by atoms with Crippen LogP contribution in [0.15, 0.2) is 6.20 Å². The number of hydrogen-bond donors (Lipinski definition) is 1. The summed E-state index contributed by atoms with van der Waals surface area (Å²) in [7, 11) is 4.18. The van der Waals surface area contributed by atoms with Gasteiger partial charge in [-0.15, -0.1) is 0 Å². The van der Waals surface area contributed by atoms with E-state index in [1.807, 2.05) is 11.7 Å². The summed E-state index contributed by atoms with van der Waals surface area (Å²) in [6.45, 7) is 13.3. The molecule has 1 aromatic rings. The van der Waals surface area contributed by atoms with Gasteiger partial charge >= 0.3 is 0 Å². The first-order valence-corrected chi connectivity index (χ1v) is 7.52. The molecule has 20 heavy (non-hydrogen) atoms. The summed E-state index contributed by atoms with van der Waals surface area (Å²) in [4.78, 5) is 5.00. The van der Waals surface area contributed by atoms with Crippen molar-refractivity contribution in [2.24, 2.45) is 7.05 Å². The fraction of sp³-hybridized carbons (Fsp3) is 0.800. The van der Waals surface area contributed by atoms with Crippen LogP contribution in [0.3, 0.4) is 0 Å². The Bertz CT molecular complexity index is 429. The third-order valence-electron chi connectivity index (χ3n) is 4.35. The van der Waals surface area contributed by atoms with Crippen molar-refractivity contribution in [1.82, 2.24) is 24.9 Å². The van der Waals surface area contributed by atoms with Crippen molar-refractivity contribution in [3.63, 3.8) is 0 Å². The Balaban J connectivity index is 1.81. The van der Waals surface area contributed by atoms with E-state index in [0.717, 1.165) is 31.9 Å². The molecule has 2 heterocycles. The van der Waals surface area contributed by atoms with Crippen LogP contribution in [-0.4, -0.2) is 64.9 Å². The molecule has 0 bridgehead atoms. The van der Waals surface area contributed by atoms with Gasteiger partial charge in [0.25, 0.3) is 0 Å². The largest absolute Gasteiger partial charge is 0.311 e. The Labute approximate surface area is 122 Å². The molecule has 2 rings (SSSR count).